The van der Waals surface area contributed by atoms with E-state index in [-0.39, 0.29) is 31.3 Å². The Balaban J connectivity index is 2.47. The lowest BCUT2D eigenvalue weighted by Gasteiger charge is -2.12. The fraction of sp³-hybridized carbons (Fsp3) is 0. The van der Waals surface area contributed by atoms with Crippen LogP contribution in [-0.4, -0.2) is 8.42 Å². The van der Waals surface area contributed by atoms with Crippen molar-refractivity contribution in [1.82, 2.24) is 0 Å². The summed E-state index contributed by atoms with van der Waals surface area (Å²) < 4.78 is 27.7. The molecule has 0 unspecified atom stereocenters. The number of anilines is 2. The van der Waals surface area contributed by atoms with Gasteiger partial charge in [0.25, 0.3) is 10.0 Å². The van der Waals surface area contributed by atoms with Crippen LogP contribution in [0.1, 0.15) is 0 Å². The van der Waals surface area contributed by atoms with E-state index in [1.165, 1.54) is 24.3 Å². The molecule has 2 rings (SSSR count). The number of nitrogens with two attached hydrogens (primary N) is 1. The van der Waals surface area contributed by atoms with Crippen LogP contribution in [0.25, 0.3) is 0 Å². The van der Waals surface area contributed by atoms with Crippen molar-refractivity contribution in [2.45, 2.75) is 4.90 Å². The molecular weight excluding hydrogens is 422 g/mol. The third kappa shape index (κ3) is 3.76. The van der Waals surface area contributed by atoms with Gasteiger partial charge >= 0.3 is 0 Å². The molecule has 0 aliphatic rings. The lowest BCUT2D eigenvalue weighted by molar-refractivity contribution is 0.601. The Morgan fingerprint density at radius 2 is 1.62 bits per heavy atom. The minimum atomic E-state index is -3.91. The van der Waals surface area contributed by atoms with E-state index in [2.05, 4.69) is 20.7 Å². The number of rotatable bonds is 3. The Morgan fingerprint density at radius 1 is 1.00 bits per heavy atom. The highest BCUT2D eigenvalue weighted by Gasteiger charge is 2.20. The standard InChI is InChI=1S/C12H8BrCl3N2O2S/c13-6-1-2-10(17)12(3-6)21(19,20)18-11-5-8(15)7(14)4-9(11)16/h1-5,18H,17H2. The van der Waals surface area contributed by atoms with Crippen molar-refractivity contribution in [3.05, 3.63) is 49.9 Å². The molecule has 3 N–H and O–H groups in total. The summed E-state index contributed by atoms with van der Waals surface area (Å²) in [5.74, 6) is 0. The fourth-order valence-corrected chi connectivity index (χ4v) is 3.93. The first-order chi connectivity index (χ1) is 9.70. The quantitative estimate of drug-likeness (QED) is 0.543. The topological polar surface area (TPSA) is 72.2 Å². The predicted octanol–water partition coefficient (Wildman–Crippen LogP) is 4.79. The minimum absolute atomic E-state index is 0.0704. The Bertz CT molecular complexity index is 812. The number of nitrogen functional groups attached to an aromatic ring is 1. The smallest absolute Gasteiger partial charge is 0.264 e. The Morgan fingerprint density at radius 3 is 2.29 bits per heavy atom. The second-order valence-electron chi connectivity index (χ2n) is 4.03. The number of nitrogens with one attached hydrogen (secondary N) is 1. The van der Waals surface area contributed by atoms with Crippen LogP contribution in [0.3, 0.4) is 0 Å². The second-order valence-corrected chi connectivity index (χ2v) is 7.82. The van der Waals surface area contributed by atoms with Gasteiger partial charge in [0, 0.05) is 4.47 Å². The SMILES string of the molecule is Nc1ccc(Br)cc1S(=O)(=O)Nc1cc(Cl)c(Cl)cc1Cl. The van der Waals surface area contributed by atoms with E-state index in [4.69, 9.17) is 40.5 Å². The summed E-state index contributed by atoms with van der Waals surface area (Å²) in [4.78, 5) is -0.0704. The summed E-state index contributed by atoms with van der Waals surface area (Å²) in [5, 5.41) is 0.536. The molecule has 0 aromatic heterocycles. The third-order valence-corrected chi connectivity index (χ3v) is 5.47. The number of sulfonamides is 1. The summed E-state index contributed by atoms with van der Waals surface area (Å²) in [6.07, 6.45) is 0. The van der Waals surface area contributed by atoms with Gasteiger partial charge in [-0.15, -0.1) is 0 Å². The van der Waals surface area contributed by atoms with Gasteiger partial charge < -0.3 is 5.73 Å². The van der Waals surface area contributed by atoms with Gasteiger partial charge in [0.15, 0.2) is 0 Å². The van der Waals surface area contributed by atoms with E-state index in [0.717, 1.165) is 0 Å². The molecule has 2 aromatic rings. The van der Waals surface area contributed by atoms with Crippen molar-refractivity contribution in [2.75, 3.05) is 10.5 Å². The molecule has 0 spiro atoms. The molecule has 112 valence electrons. The first-order valence-electron chi connectivity index (χ1n) is 5.43. The van der Waals surface area contributed by atoms with Crippen LogP contribution in [0.15, 0.2) is 39.7 Å². The van der Waals surface area contributed by atoms with Crippen molar-refractivity contribution in [2.24, 2.45) is 0 Å². The molecule has 4 nitrogen and oxygen atoms in total. The highest BCUT2D eigenvalue weighted by Crippen LogP contribution is 2.34. The van der Waals surface area contributed by atoms with Crippen molar-refractivity contribution in [3.8, 4) is 0 Å². The summed E-state index contributed by atoms with van der Waals surface area (Å²) in [6.45, 7) is 0. The van der Waals surface area contributed by atoms with E-state index < -0.39 is 10.0 Å². The largest absolute Gasteiger partial charge is 0.398 e. The lowest BCUT2D eigenvalue weighted by atomic mass is 10.3. The summed E-state index contributed by atoms with van der Waals surface area (Å²) in [5.41, 5.74) is 5.93. The summed E-state index contributed by atoms with van der Waals surface area (Å²) in [6, 6.07) is 7.20. The Kier molecular flexibility index (Phi) is 4.95. The zero-order valence-corrected chi connectivity index (χ0v) is 14.9. The molecule has 2 aromatic carbocycles. The maximum atomic E-state index is 12.4. The van der Waals surface area contributed by atoms with Crippen LogP contribution >= 0.6 is 50.7 Å². The van der Waals surface area contributed by atoms with Gasteiger partial charge in [-0.2, -0.15) is 0 Å². The molecule has 0 radical (unpaired) electrons. The predicted molar refractivity (Wildman–Crippen MR) is 90.8 cm³/mol. The van der Waals surface area contributed by atoms with Gasteiger partial charge in [-0.25, -0.2) is 8.42 Å². The van der Waals surface area contributed by atoms with Gasteiger partial charge in [-0.05, 0) is 30.3 Å². The molecule has 0 aliphatic heterocycles. The normalized spacial score (nSPS) is 11.4. The number of benzene rings is 2. The van der Waals surface area contributed by atoms with E-state index in [9.17, 15) is 8.42 Å². The molecule has 0 fully saturated rings. The van der Waals surface area contributed by atoms with Gasteiger partial charge in [-0.3, -0.25) is 4.72 Å². The fourth-order valence-electron chi connectivity index (χ4n) is 1.54. The zero-order valence-electron chi connectivity index (χ0n) is 10.2. The van der Waals surface area contributed by atoms with Crippen LogP contribution < -0.4 is 10.5 Å². The average molecular weight is 431 g/mol. The average Bonchev–Trinajstić information content (AvgIpc) is 2.38. The molecule has 0 heterocycles. The second kappa shape index (κ2) is 6.22. The first-order valence-corrected chi connectivity index (χ1v) is 8.84. The molecule has 21 heavy (non-hydrogen) atoms. The van der Waals surface area contributed by atoms with Crippen molar-refractivity contribution < 1.29 is 8.42 Å². The van der Waals surface area contributed by atoms with Crippen molar-refractivity contribution in [3.63, 3.8) is 0 Å². The summed E-state index contributed by atoms with van der Waals surface area (Å²) >= 11 is 20.8. The number of hydrogen-bond acceptors (Lipinski definition) is 3. The van der Waals surface area contributed by atoms with Crippen LogP contribution in [0.5, 0.6) is 0 Å². The van der Waals surface area contributed by atoms with Crippen LogP contribution in [-0.2, 0) is 10.0 Å². The number of halogens is 4. The zero-order chi connectivity index (χ0) is 15.8. The maximum Gasteiger partial charge on any atom is 0.264 e. The van der Waals surface area contributed by atoms with E-state index >= 15 is 0 Å². The highest BCUT2D eigenvalue weighted by atomic mass is 79.9. The van der Waals surface area contributed by atoms with Crippen LogP contribution in [0, 0.1) is 0 Å². The third-order valence-electron chi connectivity index (χ3n) is 2.52. The Labute approximate surface area is 145 Å². The molecule has 0 amide bonds. The molecular formula is C12H8BrCl3N2O2S. The van der Waals surface area contributed by atoms with E-state index in [0.29, 0.717) is 4.47 Å². The molecule has 0 aliphatic carbocycles. The van der Waals surface area contributed by atoms with Gasteiger partial charge in [0.2, 0.25) is 0 Å². The molecule has 0 saturated carbocycles. The van der Waals surface area contributed by atoms with Gasteiger partial charge in [0.05, 0.1) is 26.4 Å². The highest BCUT2D eigenvalue weighted by molar-refractivity contribution is 9.10. The van der Waals surface area contributed by atoms with Gasteiger partial charge in [0.1, 0.15) is 4.90 Å². The van der Waals surface area contributed by atoms with Crippen molar-refractivity contribution in [1.29, 1.82) is 0 Å². The summed E-state index contributed by atoms with van der Waals surface area (Å²) in [7, 11) is -3.91. The minimum Gasteiger partial charge on any atom is -0.398 e. The first kappa shape index (κ1) is 16.7. The molecule has 0 saturated heterocycles. The van der Waals surface area contributed by atoms with E-state index in [1.807, 2.05) is 0 Å². The van der Waals surface area contributed by atoms with Crippen LogP contribution in [0.2, 0.25) is 15.1 Å². The van der Waals surface area contributed by atoms with Crippen LogP contribution in [0.4, 0.5) is 11.4 Å². The van der Waals surface area contributed by atoms with Gasteiger partial charge in [-0.1, -0.05) is 50.7 Å². The van der Waals surface area contributed by atoms with Crippen molar-refractivity contribution >= 4 is 72.1 Å². The lowest BCUT2D eigenvalue weighted by Crippen LogP contribution is -2.15. The molecule has 0 atom stereocenters. The monoisotopic (exact) mass is 428 g/mol. The molecule has 0 bridgehead atoms. The Hall–Kier alpha value is -0.660. The number of hydrogen-bond donors (Lipinski definition) is 2. The molecule has 9 heteroatoms. The maximum absolute atomic E-state index is 12.4. The van der Waals surface area contributed by atoms with E-state index in [1.54, 1.807) is 6.07 Å².